The Kier molecular flexibility index (Phi) is 11.1. The lowest BCUT2D eigenvalue weighted by Crippen LogP contribution is -2.37. The third-order valence-corrected chi connectivity index (χ3v) is 7.30. The first-order valence-corrected chi connectivity index (χ1v) is 14.5. The molecular weight excluding hydrogens is 619 g/mol. The third-order valence-electron chi connectivity index (χ3n) is 7.30. The average Bonchev–Trinajstić information content (AvgIpc) is 3.41. The second-order valence-corrected chi connectivity index (χ2v) is 11.1. The molecule has 4 aromatic rings. The van der Waals surface area contributed by atoms with Crippen LogP contribution in [0.25, 0.3) is 10.9 Å². The number of carboxylic acid groups (broad SMARTS) is 1. The Morgan fingerprint density at radius 3 is 2.53 bits per heavy atom. The molecule has 0 spiro atoms. The van der Waals surface area contributed by atoms with E-state index in [-0.39, 0.29) is 49.0 Å². The minimum Gasteiger partial charge on any atom is -0.486 e. The van der Waals surface area contributed by atoms with E-state index in [0.717, 1.165) is 23.1 Å². The van der Waals surface area contributed by atoms with Gasteiger partial charge in [0.05, 0.1) is 18.0 Å². The number of benzene rings is 2. The van der Waals surface area contributed by atoms with Crippen LogP contribution in [0, 0.1) is 23.4 Å². The first-order valence-electron chi connectivity index (χ1n) is 14.5. The summed E-state index contributed by atoms with van der Waals surface area (Å²) < 4.78 is 48.8. The number of pyridine rings is 1. The summed E-state index contributed by atoms with van der Waals surface area (Å²) in [5, 5.41) is 12.4. The summed E-state index contributed by atoms with van der Waals surface area (Å²) in [5.41, 5.74) is 0.387. The molecule has 0 aliphatic heterocycles. The maximum Gasteiger partial charge on any atom is 0.407 e. The number of hydrogen-bond donors (Lipinski definition) is 3. The van der Waals surface area contributed by atoms with Gasteiger partial charge in [0, 0.05) is 62.7 Å². The van der Waals surface area contributed by atoms with Crippen LogP contribution in [0.4, 0.5) is 23.7 Å². The molecule has 3 amide bonds. The van der Waals surface area contributed by atoms with Crippen molar-refractivity contribution in [2.24, 2.45) is 5.92 Å². The van der Waals surface area contributed by atoms with Crippen molar-refractivity contribution in [3.63, 3.8) is 0 Å². The molecule has 0 bridgehead atoms. The molecule has 0 aliphatic carbocycles. The van der Waals surface area contributed by atoms with E-state index in [9.17, 15) is 37.5 Å². The predicted octanol–water partition coefficient (Wildman–Crippen LogP) is 4.96. The van der Waals surface area contributed by atoms with Gasteiger partial charge >= 0.3 is 6.09 Å². The van der Waals surface area contributed by atoms with Gasteiger partial charge in [0.15, 0.2) is 0 Å². The number of aromatic nitrogens is 2. The average molecular weight is 654 g/mol. The fourth-order valence-corrected chi connectivity index (χ4v) is 4.75. The zero-order chi connectivity index (χ0) is 34.2. The fraction of sp³-hybridized carbons (Fsp3) is 0.273. The highest BCUT2D eigenvalue weighted by Crippen LogP contribution is 2.29. The molecular formula is C33H34F3N5O6. The van der Waals surface area contributed by atoms with Gasteiger partial charge in [-0.05, 0) is 55.3 Å². The standard InChI is InChI=1S/C33H34F3N5O6/c1-39(2)29(42)9-5-4-7-20(17-40(3)33(45)46)31(43)38-27-8-6-12-41(32(27)44)18-25-14-22-13-24(35)16-28(30(22)37-25)47-19-21-10-11-23(34)15-26(21)36/h5-6,8-16,20,37H,4,7,17-19H2,1-3H3,(H,38,43)(H,45,46)/b9-5+/t20-/m0/s1. The van der Waals surface area contributed by atoms with Crippen molar-refractivity contribution < 1.29 is 37.4 Å². The summed E-state index contributed by atoms with van der Waals surface area (Å²) in [4.78, 5) is 55.3. The first kappa shape index (κ1) is 34.3. The van der Waals surface area contributed by atoms with Gasteiger partial charge in [-0.1, -0.05) is 6.08 Å². The van der Waals surface area contributed by atoms with E-state index in [2.05, 4.69) is 10.3 Å². The number of allylic oxidation sites excluding steroid dienone is 1. The van der Waals surface area contributed by atoms with Crippen LogP contribution in [0.15, 0.2) is 71.7 Å². The van der Waals surface area contributed by atoms with Crippen LogP contribution in [-0.4, -0.2) is 70.1 Å². The van der Waals surface area contributed by atoms with E-state index in [4.69, 9.17) is 4.74 Å². The van der Waals surface area contributed by atoms with Crippen molar-refractivity contribution in [3.8, 4) is 5.75 Å². The molecule has 0 unspecified atom stereocenters. The van der Waals surface area contributed by atoms with Crippen molar-refractivity contribution in [1.29, 1.82) is 0 Å². The number of fused-ring (bicyclic) bond motifs is 1. The number of hydrogen-bond acceptors (Lipinski definition) is 5. The van der Waals surface area contributed by atoms with Gasteiger partial charge in [-0.3, -0.25) is 14.4 Å². The Morgan fingerprint density at radius 1 is 1.06 bits per heavy atom. The number of carbonyl (C=O) groups excluding carboxylic acids is 2. The molecule has 47 heavy (non-hydrogen) atoms. The number of anilines is 1. The SMILES string of the molecule is CN(C)C(=O)/C=C/CC[C@@H](CN(C)C(=O)O)C(=O)Nc1cccn(Cc2cc3cc(F)cc(OCc4ccc(F)cc4F)c3[nH]2)c1=O. The zero-order valence-corrected chi connectivity index (χ0v) is 25.9. The van der Waals surface area contributed by atoms with Gasteiger partial charge in [0.2, 0.25) is 11.8 Å². The second kappa shape index (κ2) is 15.2. The monoisotopic (exact) mass is 653 g/mol. The lowest BCUT2D eigenvalue weighted by molar-refractivity contribution is -0.123. The Balaban J connectivity index is 1.50. The molecule has 0 radical (unpaired) electrons. The number of H-pyrrole nitrogens is 1. The highest BCUT2D eigenvalue weighted by atomic mass is 19.1. The zero-order valence-electron chi connectivity index (χ0n) is 25.9. The fourth-order valence-electron chi connectivity index (χ4n) is 4.75. The molecule has 4 rings (SSSR count). The maximum atomic E-state index is 14.4. The normalized spacial score (nSPS) is 11.9. The van der Waals surface area contributed by atoms with Crippen molar-refractivity contribution >= 4 is 34.5 Å². The molecule has 0 saturated heterocycles. The van der Waals surface area contributed by atoms with Gasteiger partial charge < -0.3 is 34.5 Å². The molecule has 14 heteroatoms. The van der Waals surface area contributed by atoms with Crippen molar-refractivity contribution in [2.75, 3.05) is 33.0 Å². The third kappa shape index (κ3) is 9.02. The molecule has 0 fully saturated rings. The van der Waals surface area contributed by atoms with Gasteiger partial charge in [0.25, 0.3) is 5.56 Å². The number of likely N-dealkylation sites (N-methyl/N-ethyl adjacent to an activating group) is 1. The van der Waals surface area contributed by atoms with Crippen LogP contribution >= 0.6 is 0 Å². The smallest absolute Gasteiger partial charge is 0.407 e. The second-order valence-electron chi connectivity index (χ2n) is 11.1. The van der Waals surface area contributed by atoms with Crippen molar-refractivity contribution in [3.05, 3.63) is 106 Å². The summed E-state index contributed by atoms with van der Waals surface area (Å²) >= 11 is 0. The highest BCUT2D eigenvalue weighted by Gasteiger charge is 2.23. The lowest BCUT2D eigenvalue weighted by Gasteiger charge is -2.21. The van der Waals surface area contributed by atoms with Gasteiger partial charge in [-0.15, -0.1) is 0 Å². The largest absolute Gasteiger partial charge is 0.486 e. The number of amides is 3. The topological polar surface area (TPSA) is 137 Å². The summed E-state index contributed by atoms with van der Waals surface area (Å²) in [6.07, 6.45) is 3.77. The number of ether oxygens (including phenoxy) is 1. The predicted molar refractivity (Wildman–Crippen MR) is 169 cm³/mol. The molecule has 0 saturated carbocycles. The van der Waals surface area contributed by atoms with Crippen LogP contribution in [-0.2, 0) is 22.7 Å². The summed E-state index contributed by atoms with van der Waals surface area (Å²) in [6.45, 7) is -0.420. The van der Waals surface area contributed by atoms with Gasteiger partial charge in [-0.2, -0.15) is 0 Å². The number of nitrogens with zero attached hydrogens (tertiary/aromatic N) is 3. The summed E-state index contributed by atoms with van der Waals surface area (Å²) in [6, 6.07) is 10.0. The molecule has 0 aliphatic rings. The lowest BCUT2D eigenvalue weighted by atomic mass is 10.0. The highest BCUT2D eigenvalue weighted by molar-refractivity contribution is 5.93. The quantitative estimate of drug-likeness (QED) is 0.175. The van der Waals surface area contributed by atoms with E-state index in [1.807, 2.05) is 0 Å². The van der Waals surface area contributed by atoms with Crippen LogP contribution < -0.4 is 15.6 Å². The Hall–Kier alpha value is -5.53. The Labute approximate surface area is 267 Å². The molecule has 2 heterocycles. The van der Waals surface area contributed by atoms with E-state index in [1.165, 1.54) is 47.0 Å². The van der Waals surface area contributed by atoms with E-state index in [0.29, 0.717) is 23.0 Å². The first-order chi connectivity index (χ1) is 22.3. The van der Waals surface area contributed by atoms with Crippen molar-refractivity contribution in [1.82, 2.24) is 19.4 Å². The molecule has 3 N–H and O–H groups in total. The van der Waals surface area contributed by atoms with Gasteiger partial charge in [-0.25, -0.2) is 18.0 Å². The molecule has 11 nitrogen and oxygen atoms in total. The van der Waals surface area contributed by atoms with Crippen molar-refractivity contribution in [2.45, 2.75) is 26.0 Å². The number of aromatic amines is 1. The molecule has 2 aromatic carbocycles. The van der Waals surface area contributed by atoms with E-state index < -0.39 is 40.9 Å². The van der Waals surface area contributed by atoms with Crippen LogP contribution in [0.2, 0.25) is 0 Å². The minimum absolute atomic E-state index is 0.000746. The number of carbonyl (C=O) groups is 3. The number of halogens is 3. The van der Waals surface area contributed by atoms with E-state index >= 15 is 0 Å². The summed E-state index contributed by atoms with van der Waals surface area (Å²) in [5.74, 6) is -3.69. The van der Waals surface area contributed by atoms with E-state index in [1.54, 1.807) is 32.3 Å². The number of nitrogens with one attached hydrogen (secondary N) is 2. The molecule has 248 valence electrons. The molecule has 2 aromatic heterocycles. The Bertz CT molecular complexity index is 1870. The van der Waals surface area contributed by atoms with Crippen LogP contribution in [0.3, 0.4) is 0 Å². The Morgan fingerprint density at radius 2 is 1.83 bits per heavy atom. The summed E-state index contributed by atoms with van der Waals surface area (Å²) in [7, 11) is 4.53. The maximum absolute atomic E-state index is 14.4. The van der Waals surface area contributed by atoms with Crippen LogP contribution in [0.1, 0.15) is 24.1 Å². The number of rotatable bonds is 13. The molecule has 1 atom stereocenters. The minimum atomic E-state index is -1.22. The van der Waals surface area contributed by atoms with Crippen LogP contribution in [0.5, 0.6) is 5.75 Å². The van der Waals surface area contributed by atoms with Gasteiger partial charge in [0.1, 0.15) is 35.5 Å².